The van der Waals surface area contributed by atoms with Crippen LogP contribution in [-0.2, 0) is 13.0 Å². The first-order valence-corrected chi connectivity index (χ1v) is 8.88. The van der Waals surface area contributed by atoms with Crippen molar-refractivity contribution < 1.29 is 17.6 Å². The first-order chi connectivity index (χ1) is 14.5. The second-order valence-corrected chi connectivity index (χ2v) is 6.48. The molecule has 1 heterocycles. The van der Waals surface area contributed by atoms with E-state index in [1.165, 1.54) is 16.7 Å². The van der Waals surface area contributed by atoms with Crippen molar-refractivity contribution in [2.24, 2.45) is 5.11 Å². The lowest BCUT2D eigenvalue weighted by atomic mass is 10.1. The van der Waals surface area contributed by atoms with E-state index in [0.29, 0.717) is 16.6 Å². The Kier molecular flexibility index (Phi) is 5.12. The molecular formula is C21H13F4N5. The lowest BCUT2D eigenvalue weighted by Crippen LogP contribution is -2.08. The summed E-state index contributed by atoms with van der Waals surface area (Å²) in [5.41, 5.74) is 9.08. The van der Waals surface area contributed by atoms with Crippen molar-refractivity contribution in [3.8, 4) is 5.69 Å². The van der Waals surface area contributed by atoms with Crippen molar-refractivity contribution >= 4 is 11.0 Å². The maximum absolute atomic E-state index is 14.6. The van der Waals surface area contributed by atoms with Crippen molar-refractivity contribution in [1.29, 1.82) is 0 Å². The molecule has 0 amide bonds. The van der Waals surface area contributed by atoms with E-state index in [-0.39, 0.29) is 24.4 Å². The average Bonchev–Trinajstić information content (AvgIpc) is 3.08. The standard InChI is InChI=1S/C21H13F4N5/c22-14-5-2-6-15(23)13(14)10-19-28-20-12(11-27-29-26)4-1-9-18(20)30(19)21-16(24)7-3-8-17(21)25/h1-9H,10-11H2. The molecule has 4 rings (SSSR count). The number of fused-ring (bicyclic) bond motifs is 1. The molecule has 0 aliphatic heterocycles. The SMILES string of the molecule is [N-]=[N+]=NCc1cccc2c1nc(Cc1c(F)cccc1F)n2-c1c(F)cccc1F. The van der Waals surface area contributed by atoms with Crippen molar-refractivity contribution in [1.82, 2.24) is 9.55 Å². The van der Waals surface area contributed by atoms with Gasteiger partial charge in [-0.25, -0.2) is 22.5 Å². The molecule has 150 valence electrons. The number of azide groups is 1. The highest BCUT2D eigenvalue weighted by Gasteiger charge is 2.22. The first-order valence-electron chi connectivity index (χ1n) is 8.88. The molecule has 0 saturated heterocycles. The summed E-state index contributed by atoms with van der Waals surface area (Å²) >= 11 is 0. The topological polar surface area (TPSA) is 66.6 Å². The van der Waals surface area contributed by atoms with Gasteiger partial charge in [0.05, 0.1) is 17.6 Å². The molecule has 3 aromatic carbocycles. The van der Waals surface area contributed by atoms with Crippen LogP contribution < -0.4 is 0 Å². The summed E-state index contributed by atoms with van der Waals surface area (Å²) in [7, 11) is 0. The van der Waals surface area contributed by atoms with Gasteiger partial charge in [0.15, 0.2) is 0 Å². The number of aromatic nitrogens is 2. The number of rotatable bonds is 5. The van der Waals surface area contributed by atoms with Gasteiger partial charge in [-0.2, -0.15) is 0 Å². The number of nitrogens with zero attached hydrogens (tertiary/aromatic N) is 5. The van der Waals surface area contributed by atoms with Crippen LogP contribution >= 0.6 is 0 Å². The maximum Gasteiger partial charge on any atom is 0.150 e. The van der Waals surface area contributed by atoms with E-state index in [0.717, 1.165) is 24.3 Å². The van der Waals surface area contributed by atoms with Gasteiger partial charge in [0.2, 0.25) is 0 Å². The molecule has 0 aliphatic carbocycles. The Morgan fingerprint density at radius 1 is 0.867 bits per heavy atom. The Bertz CT molecular complexity index is 1270. The molecule has 0 spiro atoms. The van der Waals surface area contributed by atoms with Crippen molar-refractivity contribution in [2.45, 2.75) is 13.0 Å². The molecule has 0 N–H and O–H groups in total. The van der Waals surface area contributed by atoms with Gasteiger partial charge in [0, 0.05) is 16.9 Å². The molecule has 0 unspecified atom stereocenters. The van der Waals surface area contributed by atoms with Gasteiger partial charge in [-0.1, -0.05) is 29.4 Å². The van der Waals surface area contributed by atoms with Gasteiger partial charge in [-0.15, -0.1) is 0 Å². The number of hydrogen-bond acceptors (Lipinski definition) is 2. The Labute approximate surface area is 167 Å². The highest BCUT2D eigenvalue weighted by atomic mass is 19.1. The Balaban J connectivity index is 2.02. The van der Waals surface area contributed by atoms with Crippen LogP contribution in [0.4, 0.5) is 17.6 Å². The third kappa shape index (κ3) is 3.35. The fraction of sp³-hybridized carbons (Fsp3) is 0.0952. The van der Waals surface area contributed by atoms with Gasteiger partial charge in [-0.3, -0.25) is 4.57 Å². The zero-order valence-corrected chi connectivity index (χ0v) is 15.4. The molecular weight excluding hydrogens is 398 g/mol. The summed E-state index contributed by atoms with van der Waals surface area (Å²) in [5, 5.41) is 3.51. The van der Waals surface area contributed by atoms with Gasteiger partial charge in [-0.05, 0) is 41.4 Å². The third-order valence-electron chi connectivity index (χ3n) is 4.70. The molecule has 0 bridgehead atoms. The Hall–Kier alpha value is -3.84. The van der Waals surface area contributed by atoms with Crippen LogP contribution in [0.25, 0.3) is 27.2 Å². The van der Waals surface area contributed by atoms with Crippen LogP contribution in [0.5, 0.6) is 0 Å². The molecule has 9 heteroatoms. The number of imidazole rings is 1. The van der Waals surface area contributed by atoms with Crippen LogP contribution in [0, 0.1) is 23.3 Å². The molecule has 0 atom stereocenters. The van der Waals surface area contributed by atoms with E-state index in [2.05, 4.69) is 15.0 Å². The molecule has 4 aromatic rings. The molecule has 0 radical (unpaired) electrons. The summed E-state index contributed by atoms with van der Waals surface area (Å²) in [4.78, 5) is 7.13. The highest BCUT2D eigenvalue weighted by Crippen LogP contribution is 2.30. The first kappa shape index (κ1) is 19.5. The lowest BCUT2D eigenvalue weighted by Gasteiger charge is -2.12. The van der Waals surface area contributed by atoms with Crippen LogP contribution in [0.1, 0.15) is 17.0 Å². The summed E-state index contributed by atoms with van der Waals surface area (Å²) in [6, 6.07) is 11.7. The summed E-state index contributed by atoms with van der Waals surface area (Å²) in [5.74, 6) is -3.27. The third-order valence-corrected chi connectivity index (χ3v) is 4.70. The van der Waals surface area contributed by atoms with Crippen molar-refractivity contribution in [3.63, 3.8) is 0 Å². The van der Waals surface area contributed by atoms with Gasteiger partial charge >= 0.3 is 0 Å². The molecule has 0 fully saturated rings. The van der Waals surface area contributed by atoms with Gasteiger partial charge in [0.1, 0.15) is 34.8 Å². The van der Waals surface area contributed by atoms with Crippen LogP contribution in [0.2, 0.25) is 0 Å². The highest BCUT2D eigenvalue weighted by molar-refractivity contribution is 5.82. The smallest absolute Gasteiger partial charge is 0.150 e. The zero-order chi connectivity index (χ0) is 21.3. The molecule has 0 saturated carbocycles. The summed E-state index contributed by atoms with van der Waals surface area (Å²) < 4.78 is 58.9. The fourth-order valence-corrected chi connectivity index (χ4v) is 3.37. The normalized spacial score (nSPS) is 10.9. The summed E-state index contributed by atoms with van der Waals surface area (Å²) in [6.45, 7) is -0.0435. The monoisotopic (exact) mass is 411 g/mol. The quantitative estimate of drug-likeness (QED) is 0.172. The van der Waals surface area contributed by atoms with Crippen LogP contribution in [0.15, 0.2) is 59.7 Å². The minimum Gasteiger partial charge on any atom is -0.290 e. The largest absolute Gasteiger partial charge is 0.290 e. The number of halogens is 4. The Morgan fingerprint density at radius 2 is 1.47 bits per heavy atom. The summed E-state index contributed by atoms with van der Waals surface area (Å²) in [6.07, 6.45) is -0.345. The second-order valence-electron chi connectivity index (χ2n) is 6.48. The molecule has 0 aliphatic rings. The zero-order valence-electron chi connectivity index (χ0n) is 15.4. The van der Waals surface area contributed by atoms with Crippen LogP contribution in [-0.4, -0.2) is 9.55 Å². The minimum absolute atomic E-state index is 0.0337. The fourth-order valence-electron chi connectivity index (χ4n) is 3.37. The predicted molar refractivity (Wildman–Crippen MR) is 103 cm³/mol. The predicted octanol–water partition coefficient (Wildman–Crippen LogP) is 5.98. The van der Waals surface area contributed by atoms with Crippen molar-refractivity contribution in [2.75, 3.05) is 0 Å². The number of benzene rings is 3. The van der Waals surface area contributed by atoms with E-state index in [1.54, 1.807) is 18.2 Å². The minimum atomic E-state index is -0.856. The number of para-hydroxylation sites is 2. The van der Waals surface area contributed by atoms with Crippen LogP contribution in [0.3, 0.4) is 0 Å². The molecule has 1 aromatic heterocycles. The molecule has 30 heavy (non-hydrogen) atoms. The Morgan fingerprint density at radius 3 is 2.10 bits per heavy atom. The lowest BCUT2D eigenvalue weighted by molar-refractivity contribution is 0.554. The van der Waals surface area contributed by atoms with Crippen molar-refractivity contribution in [3.05, 3.63) is 105 Å². The van der Waals surface area contributed by atoms with E-state index >= 15 is 0 Å². The van der Waals surface area contributed by atoms with E-state index in [4.69, 9.17) is 5.53 Å². The average molecular weight is 411 g/mol. The van der Waals surface area contributed by atoms with E-state index in [9.17, 15) is 17.6 Å². The van der Waals surface area contributed by atoms with E-state index < -0.39 is 29.0 Å². The maximum atomic E-state index is 14.6. The van der Waals surface area contributed by atoms with Gasteiger partial charge < -0.3 is 0 Å². The second kappa shape index (κ2) is 7.88. The molecule has 5 nitrogen and oxygen atoms in total. The van der Waals surface area contributed by atoms with E-state index in [1.807, 2.05) is 0 Å². The van der Waals surface area contributed by atoms with Gasteiger partial charge in [0.25, 0.3) is 0 Å². The number of hydrogen-bond donors (Lipinski definition) is 0.